The van der Waals surface area contributed by atoms with Crippen LogP contribution in [0.3, 0.4) is 0 Å². The molecule has 17 heavy (non-hydrogen) atoms. The van der Waals surface area contributed by atoms with Gasteiger partial charge in [0, 0.05) is 12.0 Å². The molecule has 0 atom stereocenters. The number of benzene rings is 1. The van der Waals surface area contributed by atoms with Gasteiger partial charge in [-0.05, 0) is 5.56 Å². The lowest BCUT2D eigenvalue weighted by Gasteiger charge is -2.01. The maximum atomic E-state index is 10.6. The fourth-order valence-electron chi connectivity index (χ4n) is 1.71. The second-order valence-corrected chi connectivity index (χ2v) is 3.75. The summed E-state index contributed by atoms with van der Waals surface area (Å²) in [5, 5.41) is 8.68. The Morgan fingerprint density at radius 3 is 2.65 bits per heavy atom. The summed E-state index contributed by atoms with van der Waals surface area (Å²) < 4.78 is 5.26. The van der Waals surface area contributed by atoms with Gasteiger partial charge in [0.2, 0.25) is 0 Å². The highest BCUT2D eigenvalue weighted by atomic mass is 16.4. The fourth-order valence-corrected chi connectivity index (χ4v) is 1.71. The summed E-state index contributed by atoms with van der Waals surface area (Å²) in [7, 11) is 0. The highest BCUT2D eigenvalue weighted by molar-refractivity contribution is 5.71. The molecular formula is C13H13NO3. The van der Waals surface area contributed by atoms with Gasteiger partial charge in [-0.3, -0.25) is 4.79 Å². The van der Waals surface area contributed by atoms with Gasteiger partial charge in [-0.25, -0.2) is 4.98 Å². The van der Waals surface area contributed by atoms with Gasteiger partial charge in [-0.15, -0.1) is 0 Å². The minimum Gasteiger partial charge on any atom is -0.481 e. The minimum absolute atomic E-state index is 0.0414. The first-order valence-electron chi connectivity index (χ1n) is 5.44. The van der Waals surface area contributed by atoms with Crippen molar-refractivity contribution in [2.45, 2.75) is 19.8 Å². The second-order valence-electron chi connectivity index (χ2n) is 3.75. The molecule has 1 aromatic heterocycles. The molecule has 4 nitrogen and oxygen atoms in total. The molecule has 1 N–H and O–H groups in total. The summed E-state index contributed by atoms with van der Waals surface area (Å²) in [5.74, 6) is 0.0180. The van der Waals surface area contributed by atoms with Gasteiger partial charge in [0.15, 0.2) is 6.39 Å². The van der Waals surface area contributed by atoms with Crippen molar-refractivity contribution in [1.82, 2.24) is 4.98 Å². The first kappa shape index (κ1) is 11.4. The Morgan fingerprint density at radius 1 is 1.35 bits per heavy atom. The summed E-state index contributed by atoms with van der Waals surface area (Å²) in [6.45, 7) is 2.00. The molecule has 0 aliphatic heterocycles. The van der Waals surface area contributed by atoms with Crippen molar-refractivity contribution < 1.29 is 14.3 Å². The van der Waals surface area contributed by atoms with Gasteiger partial charge in [-0.2, -0.15) is 0 Å². The van der Waals surface area contributed by atoms with E-state index >= 15 is 0 Å². The van der Waals surface area contributed by atoms with Gasteiger partial charge >= 0.3 is 5.97 Å². The molecule has 0 aliphatic carbocycles. The average Bonchev–Trinajstić information content (AvgIpc) is 2.77. The third kappa shape index (κ3) is 2.53. The first-order valence-corrected chi connectivity index (χ1v) is 5.44. The van der Waals surface area contributed by atoms with Gasteiger partial charge in [0.05, 0.1) is 6.42 Å². The SMILES string of the molecule is CCc1ocnc1-c1ccc(CC(=O)O)cc1. The van der Waals surface area contributed by atoms with E-state index in [1.807, 2.05) is 19.1 Å². The van der Waals surface area contributed by atoms with Gasteiger partial charge in [0.25, 0.3) is 0 Å². The van der Waals surface area contributed by atoms with E-state index in [-0.39, 0.29) is 6.42 Å². The molecule has 0 spiro atoms. The van der Waals surface area contributed by atoms with Crippen LogP contribution in [0, 0.1) is 0 Å². The third-order valence-corrected chi connectivity index (χ3v) is 2.54. The van der Waals surface area contributed by atoms with Gasteiger partial charge in [0.1, 0.15) is 11.5 Å². The molecule has 0 radical (unpaired) electrons. The Labute approximate surface area is 98.9 Å². The molecule has 0 saturated carbocycles. The highest BCUT2D eigenvalue weighted by Crippen LogP contribution is 2.22. The Balaban J connectivity index is 2.26. The molecule has 0 bridgehead atoms. The zero-order chi connectivity index (χ0) is 12.3. The number of hydrogen-bond donors (Lipinski definition) is 1. The molecule has 1 heterocycles. The summed E-state index contributed by atoms with van der Waals surface area (Å²) in [4.78, 5) is 14.7. The van der Waals surface area contributed by atoms with E-state index in [1.165, 1.54) is 6.39 Å². The summed E-state index contributed by atoms with van der Waals surface area (Å²) in [5.41, 5.74) is 2.56. The lowest BCUT2D eigenvalue weighted by Crippen LogP contribution is -1.99. The second kappa shape index (κ2) is 4.82. The number of carbonyl (C=O) groups is 1. The Morgan fingerprint density at radius 2 is 2.06 bits per heavy atom. The van der Waals surface area contributed by atoms with Crippen LogP contribution in [-0.4, -0.2) is 16.1 Å². The molecule has 0 amide bonds. The van der Waals surface area contributed by atoms with Crippen LogP contribution >= 0.6 is 0 Å². The van der Waals surface area contributed by atoms with E-state index in [1.54, 1.807) is 12.1 Å². The van der Waals surface area contributed by atoms with Gasteiger partial charge < -0.3 is 9.52 Å². The van der Waals surface area contributed by atoms with Crippen molar-refractivity contribution >= 4 is 5.97 Å². The van der Waals surface area contributed by atoms with Crippen molar-refractivity contribution in [1.29, 1.82) is 0 Å². The molecule has 4 heteroatoms. The van der Waals surface area contributed by atoms with E-state index < -0.39 is 5.97 Å². The molecular weight excluding hydrogens is 218 g/mol. The summed E-state index contributed by atoms with van der Waals surface area (Å²) >= 11 is 0. The smallest absolute Gasteiger partial charge is 0.307 e. The fraction of sp³-hybridized carbons (Fsp3) is 0.231. The number of hydrogen-bond acceptors (Lipinski definition) is 3. The van der Waals surface area contributed by atoms with Crippen LogP contribution < -0.4 is 0 Å². The molecule has 0 unspecified atom stereocenters. The van der Waals surface area contributed by atoms with Crippen molar-refractivity contribution in [2.24, 2.45) is 0 Å². The number of aliphatic carboxylic acids is 1. The van der Waals surface area contributed by atoms with Crippen LogP contribution in [0.4, 0.5) is 0 Å². The molecule has 88 valence electrons. The topological polar surface area (TPSA) is 63.3 Å². The zero-order valence-corrected chi connectivity index (χ0v) is 9.51. The third-order valence-electron chi connectivity index (χ3n) is 2.54. The lowest BCUT2D eigenvalue weighted by molar-refractivity contribution is -0.136. The normalized spacial score (nSPS) is 10.4. The summed E-state index contributed by atoms with van der Waals surface area (Å²) in [6.07, 6.45) is 2.26. The lowest BCUT2D eigenvalue weighted by atomic mass is 10.1. The van der Waals surface area contributed by atoms with Gasteiger partial charge in [-0.1, -0.05) is 31.2 Å². The quantitative estimate of drug-likeness (QED) is 0.878. The highest BCUT2D eigenvalue weighted by Gasteiger charge is 2.09. The van der Waals surface area contributed by atoms with Crippen LogP contribution in [-0.2, 0) is 17.6 Å². The number of rotatable bonds is 4. The minimum atomic E-state index is -0.826. The Bertz CT molecular complexity index is 514. The number of carboxylic acids is 1. The van der Waals surface area contributed by atoms with E-state index in [4.69, 9.17) is 9.52 Å². The van der Waals surface area contributed by atoms with Crippen molar-refractivity contribution in [3.63, 3.8) is 0 Å². The first-order chi connectivity index (χ1) is 8.20. The predicted molar refractivity (Wildman–Crippen MR) is 62.7 cm³/mol. The molecule has 1 aromatic carbocycles. The molecule has 0 fully saturated rings. The van der Waals surface area contributed by atoms with E-state index in [0.29, 0.717) is 0 Å². The summed E-state index contributed by atoms with van der Waals surface area (Å²) in [6, 6.07) is 7.35. The number of aromatic nitrogens is 1. The Hall–Kier alpha value is -2.10. The molecule has 2 aromatic rings. The molecule has 0 aliphatic rings. The maximum Gasteiger partial charge on any atom is 0.307 e. The van der Waals surface area contributed by atoms with E-state index in [9.17, 15) is 4.79 Å². The predicted octanol–water partition coefficient (Wildman–Crippen LogP) is 2.53. The van der Waals surface area contributed by atoms with Crippen molar-refractivity contribution in [3.05, 3.63) is 42.0 Å². The van der Waals surface area contributed by atoms with Crippen molar-refractivity contribution in [2.75, 3.05) is 0 Å². The number of nitrogens with zero attached hydrogens (tertiary/aromatic N) is 1. The monoisotopic (exact) mass is 231 g/mol. The van der Waals surface area contributed by atoms with Crippen LogP contribution in [0.5, 0.6) is 0 Å². The number of aryl methyl sites for hydroxylation is 1. The number of oxazole rings is 1. The average molecular weight is 231 g/mol. The largest absolute Gasteiger partial charge is 0.481 e. The standard InChI is InChI=1S/C13H13NO3/c1-2-11-13(14-8-17-11)10-5-3-9(4-6-10)7-12(15)16/h3-6,8H,2,7H2,1H3,(H,15,16). The number of carboxylic acid groups (broad SMARTS) is 1. The van der Waals surface area contributed by atoms with Crippen LogP contribution in [0.2, 0.25) is 0 Å². The zero-order valence-electron chi connectivity index (χ0n) is 9.51. The maximum absolute atomic E-state index is 10.6. The van der Waals surface area contributed by atoms with Crippen molar-refractivity contribution in [3.8, 4) is 11.3 Å². The van der Waals surface area contributed by atoms with Crippen LogP contribution in [0.1, 0.15) is 18.2 Å². The van der Waals surface area contributed by atoms with E-state index in [2.05, 4.69) is 4.98 Å². The van der Waals surface area contributed by atoms with Crippen LogP contribution in [0.15, 0.2) is 35.1 Å². The van der Waals surface area contributed by atoms with E-state index in [0.717, 1.165) is 29.0 Å². The molecule has 0 saturated heterocycles. The van der Waals surface area contributed by atoms with Crippen LogP contribution in [0.25, 0.3) is 11.3 Å². The Kier molecular flexibility index (Phi) is 3.23. The molecule has 2 rings (SSSR count).